The molecule has 0 aliphatic rings. The highest BCUT2D eigenvalue weighted by Gasteiger charge is 2.10. The zero-order valence-corrected chi connectivity index (χ0v) is 13.9. The van der Waals surface area contributed by atoms with E-state index in [0.717, 1.165) is 24.7 Å². The van der Waals surface area contributed by atoms with Crippen LogP contribution in [0.1, 0.15) is 18.9 Å². The van der Waals surface area contributed by atoms with Crippen LogP contribution in [0.4, 0.5) is 0 Å². The Morgan fingerprint density at radius 3 is 2.83 bits per heavy atom. The molecule has 2 heterocycles. The number of nitrogens with one attached hydrogen (secondary N) is 4. The van der Waals surface area contributed by atoms with Gasteiger partial charge in [-0.1, -0.05) is 0 Å². The Bertz CT molecular complexity index is 719. The highest BCUT2D eigenvalue weighted by molar-refractivity contribution is 7.47. The first-order chi connectivity index (χ1) is 11.2. The van der Waals surface area contributed by atoms with E-state index in [1.165, 1.54) is 0 Å². The second-order valence-corrected chi connectivity index (χ2v) is 6.40. The van der Waals surface area contributed by atoms with E-state index in [0.29, 0.717) is 24.2 Å². The van der Waals surface area contributed by atoms with Gasteiger partial charge in [-0.25, -0.2) is 4.79 Å². The van der Waals surface area contributed by atoms with Crippen LogP contribution in [0.15, 0.2) is 15.8 Å². The highest BCUT2D eigenvalue weighted by Crippen LogP contribution is 2.37. The average Bonchev–Trinajstić information content (AvgIpc) is 2.90. The fourth-order valence-electron chi connectivity index (χ4n) is 2.19. The van der Waals surface area contributed by atoms with Gasteiger partial charge in [-0.15, -0.1) is 0 Å². The van der Waals surface area contributed by atoms with Crippen LogP contribution >= 0.6 is 8.38 Å². The third-order valence-corrected chi connectivity index (χ3v) is 4.82. The lowest BCUT2D eigenvalue weighted by Gasteiger charge is -2.15. The summed E-state index contributed by atoms with van der Waals surface area (Å²) in [6.07, 6.45) is 3.40. The van der Waals surface area contributed by atoms with Crippen LogP contribution in [0.3, 0.4) is 0 Å². The van der Waals surface area contributed by atoms with Gasteiger partial charge in [-0.2, -0.15) is 0 Å². The van der Waals surface area contributed by atoms with Gasteiger partial charge < -0.3 is 30.1 Å². The molecule has 10 heteroatoms. The lowest BCUT2D eigenvalue weighted by atomic mass is 10.3. The van der Waals surface area contributed by atoms with Gasteiger partial charge in [0, 0.05) is 24.5 Å². The molecule has 0 spiro atoms. The molecule has 0 fully saturated rings. The Hall–Kier alpha value is -1.51. The van der Waals surface area contributed by atoms with E-state index in [-0.39, 0.29) is 6.73 Å². The molecule has 2 aromatic rings. The summed E-state index contributed by atoms with van der Waals surface area (Å²) in [4.78, 5) is 30.7. The van der Waals surface area contributed by atoms with Crippen LogP contribution < -0.4 is 22.3 Å². The van der Waals surface area contributed by atoms with Crippen molar-refractivity contribution in [3.63, 3.8) is 0 Å². The first-order valence-corrected chi connectivity index (χ1v) is 8.78. The second-order valence-electron chi connectivity index (χ2n) is 4.77. The number of aromatic amines is 3. The van der Waals surface area contributed by atoms with Crippen molar-refractivity contribution >= 4 is 19.4 Å². The summed E-state index contributed by atoms with van der Waals surface area (Å²) in [6.45, 7) is 4.00. The maximum absolute atomic E-state index is 11.6. The van der Waals surface area contributed by atoms with E-state index in [9.17, 15) is 9.59 Å². The van der Waals surface area contributed by atoms with E-state index in [1.807, 2.05) is 6.92 Å². The molecule has 2 rings (SSSR count). The summed E-state index contributed by atoms with van der Waals surface area (Å²) >= 11 is 0. The molecule has 0 saturated carbocycles. The molecular weight excluding hydrogens is 321 g/mol. The van der Waals surface area contributed by atoms with Crippen molar-refractivity contribution in [3.05, 3.63) is 32.6 Å². The molecule has 23 heavy (non-hydrogen) atoms. The van der Waals surface area contributed by atoms with E-state index in [2.05, 4.69) is 20.3 Å². The van der Waals surface area contributed by atoms with Gasteiger partial charge in [0.05, 0.1) is 12.1 Å². The van der Waals surface area contributed by atoms with Crippen LogP contribution in [0.25, 0.3) is 11.0 Å². The standard InChI is InChI=1S/C13H22N5O4P/c1-2-21-23(22-8-14)5-3-4-15-6-9-7-16-11-10(9)17-13(20)18-12(11)19/h7,15-16H,2-6,8,14H2,1H3,(H2,17,18,19,20). The van der Waals surface area contributed by atoms with Crippen molar-refractivity contribution in [1.29, 1.82) is 0 Å². The maximum Gasteiger partial charge on any atom is 0.326 e. The first kappa shape index (κ1) is 17.8. The van der Waals surface area contributed by atoms with Gasteiger partial charge in [0.15, 0.2) is 8.38 Å². The van der Waals surface area contributed by atoms with Crippen molar-refractivity contribution in [1.82, 2.24) is 20.3 Å². The third-order valence-electron chi connectivity index (χ3n) is 3.16. The van der Waals surface area contributed by atoms with Crippen molar-refractivity contribution in [2.45, 2.75) is 19.9 Å². The molecule has 128 valence electrons. The predicted octanol–water partition coefficient (Wildman–Crippen LogP) is 0.305. The minimum atomic E-state index is -0.924. The number of fused-ring (bicyclic) bond motifs is 1. The number of hydrogen-bond acceptors (Lipinski definition) is 6. The van der Waals surface area contributed by atoms with E-state index < -0.39 is 19.6 Å². The Morgan fingerprint density at radius 1 is 1.26 bits per heavy atom. The molecule has 1 atom stereocenters. The molecule has 0 radical (unpaired) electrons. The summed E-state index contributed by atoms with van der Waals surface area (Å²) in [6, 6.07) is 0. The Kier molecular flexibility index (Phi) is 6.94. The smallest absolute Gasteiger partial charge is 0.326 e. The van der Waals surface area contributed by atoms with Gasteiger partial charge in [0.25, 0.3) is 5.56 Å². The quantitative estimate of drug-likeness (QED) is 0.239. The lowest BCUT2D eigenvalue weighted by Crippen LogP contribution is -2.22. The fourth-order valence-corrected chi connectivity index (χ4v) is 3.39. The molecule has 6 N–H and O–H groups in total. The molecule has 9 nitrogen and oxygen atoms in total. The molecule has 2 aromatic heterocycles. The topological polar surface area (TPSA) is 138 Å². The molecule has 0 aliphatic heterocycles. The lowest BCUT2D eigenvalue weighted by molar-refractivity contribution is 0.264. The van der Waals surface area contributed by atoms with E-state index in [1.54, 1.807) is 6.20 Å². The monoisotopic (exact) mass is 343 g/mol. The minimum Gasteiger partial charge on any atom is -0.355 e. The van der Waals surface area contributed by atoms with Crippen LogP contribution in [0.2, 0.25) is 0 Å². The number of H-pyrrole nitrogens is 3. The summed E-state index contributed by atoms with van der Waals surface area (Å²) in [7, 11) is -0.924. The number of aromatic nitrogens is 3. The van der Waals surface area contributed by atoms with Crippen molar-refractivity contribution in [2.75, 3.05) is 26.0 Å². The van der Waals surface area contributed by atoms with Gasteiger partial charge in [0.1, 0.15) is 12.2 Å². The normalized spacial score (nSPS) is 12.8. The van der Waals surface area contributed by atoms with Crippen LogP contribution in [0.5, 0.6) is 0 Å². The minimum absolute atomic E-state index is 0.163. The van der Waals surface area contributed by atoms with Crippen molar-refractivity contribution in [2.24, 2.45) is 5.73 Å². The summed E-state index contributed by atoms with van der Waals surface area (Å²) in [5.74, 6) is 0. The van der Waals surface area contributed by atoms with Crippen LogP contribution in [0, 0.1) is 0 Å². The highest BCUT2D eigenvalue weighted by atomic mass is 31.2. The van der Waals surface area contributed by atoms with Gasteiger partial charge in [0.2, 0.25) is 0 Å². The van der Waals surface area contributed by atoms with Gasteiger partial charge in [-0.05, 0) is 19.9 Å². The van der Waals surface area contributed by atoms with Gasteiger partial charge >= 0.3 is 5.69 Å². The van der Waals surface area contributed by atoms with Gasteiger partial charge in [-0.3, -0.25) is 9.78 Å². The Morgan fingerprint density at radius 2 is 2.09 bits per heavy atom. The number of hydrogen-bond donors (Lipinski definition) is 5. The molecule has 1 unspecified atom stereocenters. The molecule has 0 amide bonds. The summed E-state index contributed by atoms with van der Waals surface area (Å²) < 4.78 is 10.8. The van der Waals surface area contributed by atoms with Crippen molar-refractivity contribution in [3.8, 4) is 0 Å². The van der Waals surface area contributed by atoms with E-state index in [4.69, 9.17) is 14.8 Å². The maximum atomic E-state index is 11.6. The second kappa shape index (κ2) is 8.95. The Balaban J connectivity index is 1.83. The largest absolute Gasteiger partial charge is 0.355 e. The van der Waals surface area contributed by atoms with E-state index >= 15 is 0 Å². The SMILES string of the molecule is CCOP(CCCNCc1c[nH]c2c(=O)[nH]c(=O)[nH]c12)OCN. The molecule has 0 saturated heterocycles. The Labute approximate surface area is 133 Å². The number of rotatable bonds is 10. The van der Waals surface area contributed by atoms with Crippen molar-refractivity contribution < 1.29 is 9.05 Å². The fraction of sp³-hybridized carbons (Fsp3) is 0.538. The molecule has 0 aliphatic carbocycles. The molecule has 0 aromatic carbocycles. The molecular formula is C13H22N5O4P. The average molecular weight is 343 g/mol. The first-order valence-electron chi connectivity index (χ1n) is 7.42. The third kappa shape index (κ3) is 4.98. The zero-order valence-electron chi connectivity index (χ0n) is 13.0. The van der Waals surface area contributed by atoms with Crippen LogP contribution in [-0.4, -0.2) is 41.0 Å². The summed E-state index contributed by atoms with van der Waals surface area (Å²) in [5.41, 5.74) is 6.19. The summed E-state index contributed by atoms with van der Waals surface area (Å²) in [5, 5.41) is 3.27. The molecule has 0 bridgehead atoms. The van der Waals surface area contributed by atoms with Crippen LogP contribution in [-0.2, 0) is 15.6 Å². The zero-order chi connectivity index (χ0) is 16.7. The predicted molar refractivity (Wildman–Crippen MR) is 89.4 cm³/mol. The number of nitrogens with two attached hydrogens (primary N) is 1.